The van der Waals surface area contributed by atoms with Crippen LogP contribution in [0.15, 0.2) is 60.8 Å². The molecule has 0 unspecified atom stereocenters. The maximum Gasteiger partial charge on any atom is 0.256 e. The van der Waals surface area contributed by atoms with E-state index in [4.69, 9.17) is 4.98 Å². The van der Waals surface area contributed by atoms with E-state index in [1.807, 2.05) is 37.3 Å². The molecule has 4 aromatic rings. The van der Waals surface area contributed by atoms with Crippen LogP contribution in [0.2, 0.25) is 0 Å². The lowest BCUT2D eigenvalue weighted by Crippen LogP contribution is -2.14. The van der Waals surface area contributed by atoms with E-state index in [0.717, 1.165) is 5.56 Å². The normalized spacial score (nSPS) is 11.0. The standard InChI is InChI=1S/C22H19FN4O/c1-3-27-21-18(13-24-27)17(12-20(25-21)15-7-5-4-6-8-15)22(28)26-19-10-9-16(23)11-14(19)2/h4-13H,3H2,1-2H3,(H,26,28). The van der Waals surface area contributed by atoms with Crippen LogP contribution in [-0.2, 0) is 6.54 Å². The largest absolute Gasteiger partial charge is 0.322 e. The predicted octanol–water partition coefficient (Wildman–Crippen LogP) is 4.82. The second-order valence-corrected chi connectivity index (χ2v) is 6.53. The molecule has 5 nitrogen and oxygen atoms in total. The molecule has 140 valence electrons. The van der Waals surface area contributed by atoms with Crippen molar-refractivity contribution in [2.24, 2.45) is 0 Å². The average molecular weight is 374 g/mol. The fourth-order valence-corrected chi connectivity index (χ4v) is 3.18. The molecule has 1 N–H and O–H groups in total. The first kappa shape index (κ1) is 17.9. The summed E-state index contributed by atoms with van der Waals surface area (Å²) in [6.07, 6.45) is 1.66. The van der Waals surface area contributed by atoms with E-state index in [-0.39, 0.29) is 11.7 Å². The Kier molecular flexibility index (Phi) is 4.61. The number of nitrogens with zero attached hydrogens (tertiary/aromatic N) is 3. The lowest BCUT2D eigenvalue weighted by Gasteiger charge is -2.11. The van der Waals surface area contributed by atoms with Crippen LogP contribution < -0.4 is 5.32 Å². The highest BCUT2D eigenvalue weighted by Crippen LogP contribution is 2.26. The van der Waals surface area contributed by atoms with Crippen LogP contribution in [0.4, 0.5) is 10.1 Å². The molecule has 2 heterocycles. The molecule has 0 aliphatic rings. The number of halogens is 1. The zero-order valence-electron chi connectivity index (χ0n) is 15.6. The van der Waals surface area contributed by atoms with Gasteiger partial charge in [-0.15, -0.1) is 0 Å². The fraction of sp³-hybridized carbons (Fsp3) is 0.136. The number of aryl methyl sites for hydroxylation is 2. The maximum atomic E-state index is 13.4. The zero-order valence-corrected chi connectivity index (χ0v) is 15.6. The van der Waals surface area contributed by atoms with Crippen LogP contribution in [0.1, 0.15) is 22.8 Å². The van der Waals surface area contributed by atoms with Gasteiger partial charge in [-0.3, -0.25) is 4.79 Å². The van der Waals surface area contributed by atoms with Gasteiger partial charge >= 0.3 is 0 Å². The first-order chi connectivity index (χ1) is 13.6. The highest BCUT2D eigenvalue weighted by atomic mass is 19.1. The van der Waals surface area contributed by atoms with Crippen LogP contribution >= 0.6 is 0 Å². The Bertz CT molecular complexity index is 1170. The van der Waals surface area contributed by atoms with Crippen molar-refractivity contribution in [3.8, 4) is 11.3 Å². The van der Waals surface area contributed by atoms with Crippen molar-refractivity contribution < 1.29 is 9.18 Å². The van der Waals surface area contributed by atoms with E-state index in [1.54, 1.807) is 29.9 Å². The molecule has 1 amide bonds. The predicted molar refractivity (Wildman–Crippen MR) is 108 cm³/mol. The van der Waals surface area contributed by atoms with Crippen LogP contribution in [0.25, 0.3) is 22.3 Å². The number of carbonyl (C=O) groups is 1. The molecule has 0 aliphatic carbocycles. The first-order valence-corrected chi connectivity index (χ1v) is 9.06. The number of benzene rings is 2. The zero-order chi connectivity index (χ0) is 19.7. The Morgan fingerprint density at radius 1 is 1.14 bits per heavy atom. The van der Waals surface area contributed by atoms with Gasteiger partial charge in [0.2, 0.25) is 0 Å². The second kappa shape index (κ2) is 7.23. The summed E-state index contributed by atoms with van der Waals surface area (Å²) in [6, 6.07) is 15.8. The van der Waals surface area contributed by atoms with Crippen molar-refractivity contribution in [1.82, 2.24) is 14.8 Å². The molecule has 0 aliphatic heterocycles. The summed E-state index contributed by atoms with van der Waals surface area (Å²) >= 11 is 0. The summed E-state index contributed by atoms with van der Waals surface area (Å²) < 4.78 is 15.1. The van der Waals surface area contributed by atoms with Gasteiger partial charge < -0.3 is 5.32 Å². The summed E-state index contributed by atoms with van der Waals surface area (Å²) in [5, 5.41) is 7.91. The van der Waals surface area contributed by atoms with Crippen molar-refractivity contribution in [2.75, 3.05) is 5.32 Å². The number of pyridine rings is 1. The van der Waals surface area contributed by atoms with E-state index in [2.05, 4.69) is 10.4 Å². The molecule has 0 spiro atoms. The van der Waals surface area contributed by atoms with Crippen molar-refractivity contribution in [3.05, 3.63) is 77.7 Å². The third kappa shape index (κ3) is 3.24. The van der Waals surface area contributed by atoms with Crippen molar-refractivity contribution in [2.45, 2.75) is 20.4 Å². The van der Waals surface area contributed by atoms with Gasteiger partial charge in [0.05, 0.1) is 22.8 Å². The molecule has 28 heavy (non-hydrogen) atoms. The molecular formula is C22H19FN4O. The minimum absolute atomic E-state index is 0.282. The summed E-state index contributed by atoms with van der Waals surface area (Å²) in [7, 11) is 0. The van der Waals surface area contributed by atoms with Crippen LogP contribution in [-0.4, -0.2) is 20.7 Å². The van der Waals surface area contributed by atoms with Crippen molar-refractivity contribution >= 4 is 22.6 Å². The highest BCUT2D eigenvalue weighted by Gasteiger charge is 2.18. The SMILES string of the molecule is CCn1ncc2c(C(=O)Nc3ccc(F)cc3C)cc(-c3ccccc3)nc21. The molecule has 0 atom stereocenters. The number of anilines is 1. The smallest absolute Gasteiger partial charge is 0.256 e. The number of hydrogen-bond donors (Lipinski definition) is 1. The number of rotatable bonds is 4. The Morgan fingerprint density at radius 2 is 1.93 bits per heavy atom. The van der Waals surface area contributed by atoms with Gasteiger partial charge in [-0.2, -0.15) is 5.10 Å². The second-order valence-electron chi connectivity index (χ2n) is 6.53. The molecule has 4 rings (SSSR count). The Hall–Kier alpha value is -3.54. The quantitative estimate of drug-likeness (QED) is 0.557. The molecule has 2 aromatic heterocycles. The molecule has 0 saturated carbocycles. The number of hydrogen-bond acceptors (Lipinski definition) is 3. The van der Waals surface area contributed by atoms with Gasteiger partial charge in [-0.25, -0.2) is 14.1 Å². The molecule has 0 bridgehead atoms. The van der Waals surface area contributed by atoms with Gasteiger partial charge in [0, 0.05) is 17.8 Å². The first-order valence-electron chi connectivity index (χ1n) is 9.06. The Balaban J connectivity index is 1.82. The van der Waals surface area contributed by atoms with Gasteiger partial charge in [-0.1, -0.05) is 30.3 Å². The number of aromatic nitrogens is 3. The molecule has 0 radical (unpaired) electrons. The van der Waals surface area contributed by atoms with Gasteiger partial charge in [0.15, 0.2) is 5.65 Å². The third-order valence-corrected chi connectivity index (χ3v) is 4.66. The number of fused-ring (bicyclic) bond motifs is 1. The fourth-order valence-electron chi connectivity index (χ4n) is 3.18. The van der Waals surface area contributed by atoms with Crippen molar-refractivity contribution in [3.63, 3.8) is 0 Å². The molecule has 0 saturated heterocycles. The topological polar surface area (TPSA) is 59.8 Å². The Morgan fingerprint density at radius 3 is 2.64 bits per heavy atom. The summed E-state index contributed by atoms with van der Waals surface area (Å²) in [6.45, 7) is 4.38. The van der Waals surface area contributed by atoms with E-state index in [1.165, 1.54) is 12.1 Å². The molecule has 2 aromatic carbocycles. The number of amides is 1. The summed E-state index contributed by atoms with van der Waals surface area (Å²) in [5.41, 5.74) is 3.98. The van der Waals surface area contributed by atoms with Crippen molar-refractivity contribution in [1.29, 1.82) is 0 Å². The van der Waals surface area contributed by atoms with E-state index < -0.39 is 0 Å². The van der Waals surface area contributed by atoms with E-state index in [0.29, 0.717) is 40.1 Å². The third-order valence-electron chi connectivity index (χ3n) is 4.66. The van der Waals surface area contributed by atoms with Crippen LogP contribution in [0.3, 0.4) is 0 Å². The van der Waals surface area contributed by atoms with Crippen LogP contribution in [0, 0.1) is 12.7 Å². The number of nitrogens with one attached hydrogen (secondary N) is 1. The van der Waals surface area contributed by atoms with Gasteiger partial charge in [0.1, 0.15) is 5.82 Å². The van der Waals surface area contributed by atoms with Gasteiger partial charge in [-0.05, 0) is 43.7 Å². The van der Waals surface area contributed by atoms with Crippen LogP contribution in [0.5, 0.6) is 0 Å². The minimum atomic E-state index is -0.336. The monoisotopic (exact) mass is 374 g/mol. The summed E-state index contributed by atoms with van der Waals surface area (Å²) in [5.74, 6) is -0.618. The lowest BCUT2D eigenvalue weighted by atomic mass is 10.1. The Labute approximate surface area is 161 Å². The van der Waals surface area contributed by atoms with E-state index in [9.17, 15) is 9.18 Å². The summed E-state index contributed by atoms with van der Waals surface area (Å²) in [4.78, 5) is 17.8. The van der Waals surface area contributed by atoms with E-state index >= 15 is 0 Å². The highest BCUT2D eigenvalue weighted by molar-refractivity contribution is 6.12. The lowest BCUT2D eigenvalue weighted by molar-refractivity contribution is 0.102. The average Bonchev–Trinajstić information content (AvgIpc) is 3.13. The molecule has 6 heteroatoms. The number of carbonyl (C=O) groups excluding carboxylic acids is 1. The maximum absolute atomic E-state index is 13.4. The minimum Gasteiger partial charge on any atom is -0.322 e. The molecule has 0 fully saturated rings. The van der Waals surface area contributed by atoms with Gasteiger partial charge in [0.25, 0.3) is 5.91 Å². The molecular weight excluding hydrogens is 355 g/mol.